The van der Waals surface area contributed by atoms with Gasteiger partial charge in [0, 0.05) is 4.88 Å². The molecule has 0 N–H and O–H groups in total. The molecule has 0 atom stereocenters. The van der Waals surface area contributed by atoms with Gasteiger partial charge < -0.3 is 4.74 Å². The molecular formula is C14H14O4S2. The van der Waals surface area contributed by atoms with Crippen molar-refractivity contribution in [2.45, 2.75) is 18.4 Å². The standard InChI is InChI=1S/C14H14O4S2/c1-2-20(16,17)13-7-3-5-11(9-13)14(15)18-10-12-6-4-8-19-12/h3-9H,2,10H2,1H3. The van der Waals surface area contributed by atoms with E-state index in [-0.39, 0.29) is 22.8 Å². The van der Waals surface area contributed by atoms with E-state index in [4.69, 9.17) is 4.74 Å². The lowest BCUT2D eigenvalue weighted by Crippen LogP contribution is -2.08. The molecule has 20 heavy (non-hydrogen) atoms. The van der Waals surface area contributed by atoms with Gasteiger partial charge in [0.1, 0.15) is 6.61 Å². The minimum Gasteiger partial charge on any atom is -0.456 e. The van der Waals surface area contributed by atoms with Crippen molar-refractivity contribution in [3.8, 4) is 0 Å². The second kappa shape index (κ2) is 6.19. The summed E-state index contributed by atoms with van der Waals surface area (Å²) in [5.41, 5.74) is 0.246. The number of hydrogen-bond acceptors (Lipinski definition) is 5. The Morgan fingerprint density at radius 2 is 2.05 bits per heavy atom. The highest BCUT2D eigenvalue weighted by molar-refractivity contribution is 7.91. The first-order chi connectivity index (χ1) is 9.53. The molecule has 0 aliphatic carbocycles. The van der Waals surface area contributed by atoms with E-state index in [2.05, 4.69) is 0 Å². The van der Waals surface area contributed by atoms with Crippen LogP contribution < -0.4 is 0 Å². The summed E-state index contributed by atoms with van der Waals surface area (Å²) >= 11 is 1.50. The summed E-state index contributed by atoms with van der Waals surface area (Å²) in [4.78, 5) is 13.0. The molecule has 2 aromatic rings. The van der Waals surface area contributed by atoms with Gasteiger partial charge >= 0.3 is 5.97 Å². The van der Waals surface area contributed by atoms with Crippen LogP contribution in [0.4, 0.5) is 0 Å². The Morgan fingerprint density at radius 1 is 1.25 bits per heavy atom. The summed E-state index contributed by atoms with van der Waals surface area (Å²) in [5, 5.41) is 1.90. The van der Waals surface area contributed by atoms with Crippen molar-refractivity contribution < 1.29 is 17.9 Å². The number of rotatable bonds is 5. The van der Waals surface area contributed by atoms with Crippen LogP contribution in [0.25, 0.3) is 0 Å². The van der Waals surface area contributed by atoms with Crippen LogP contribution in [-0.4, -0.2) is 20.1 Å². The lowest BCUT2D eigenvalue weighted by molar-refractivity contribution is 0.0476. The molecule has 0 aliphatic heterocycles. The molecule has 0 radical (unpaired) electrons. The maximum Gasteiger partial charge on any atom is 0.338 e. The molecule has 0 saturated carbocycles. The Labute approximate surface area is 121 Å². The number of carbonyl (C=O) groups is 1. The molecule has 1 aromatic heterocycles. The zero-order valence-corrected chi connectivity index (χ0v) is 12.5. The van der Waals surface area contributed by atoms with Crippen LogP contribution in [0, 0.1) is 0 Å². The van der Waals surface area contributed by atoms with Crippen molar-refractivity contribution in [2.24, 2.45) is 0 Å². The third kappa shape index (κ3) is 3.46. The van der Waals surface area contributed by atoms with Crippen molar-refractivity contribution in [1.82, 2.24) is 0 Å². The van der Waals surface area contributed by atoms with E-state index in [1.54, 1.807) is 19.1 Å². The van der Waals surface area contributed by atoms with Crippen molar-refractivity contribution in [3.05, 3.63) is 52.2 Å². The third-order valence-corrected chi connectivity index (χ3v) is 5.32. The zero-order chi connectivity index (χ0) is 14.6. The zero-order valence-electron chi connectivity index (χ0n) is 10.9. The fourth-order valence-electron chi connectivity index (χ4n) is 1.60. The Hall–Kier alpha value is -1.66. The van der Waals surface area contributed by atoms with Gasteiger partial charge in [-0.15, -0.1) is 11.3 Å². The van der Waals surface area contributed by atoms with Crippen molar-refractivity contribution in [1.29, 1.82) is 0 Å². The van der Waals surface area contributed by atoms with E-state index in [1.807, 2.05) is 17.5 Å². The molecule has 0 unspecified atom stereocenters. The lowest BCUT2D eigenvalue weighted by Gasteiger charge is -2.06. The van der Waals surface area contributed by atoms with E-state index in [9.17, 15) is 13.2 Å². The summed E-state index contributed by atoms with van der Waals surface area (Å²) in [7, 11) is -3.32. The highest BCUT2D eigenvalue weighted by Gasteiger charge is 2.15. The van der Waals surface area contributed by atoms with Gasteiger partial charge in [-0.05, 0) is 29.6 Å². The predicted molar refractivity (Wildman–Crippen MR) is 77.6 cm³/mol. The summed E-state index contributed by atoms with van der Waals surface area (Å²) in [6, 6.07) is 9.68. The van der Waals surface area contributed by atoms with E-state index >= 15 is 0 Å². The SMILES string of the molecule is CCS(=O)(=O)c1cccc(C(=O)OCc2cccs2)c1. The minimum absolute atomic E-state index is 0.000691. The summed E-state index contributed by atoms with van der Waals surface area (Å²) < 4.78 is 28.7. The van der Waals surface area contributed by atoms with E-state index in [0.29, 0.717) is 0 Å². The molecule has 1 aromatic carbocycles. The Balaban J connectivity index is 2.12. The van der Waals surface area contributed by atoms with Gasteiger partial charge in [-0.2, -0.15) is 0 Å². The van der Waals surface area contributed by atoms with Crippen LogP contribution in [-0.2, 0) is 21.2 Å². The Bertz CT molecular complexity index is 688. The number of ether oxygens (including phenoxy) is 1. The molecule has 0 bridgehead atoms. The number of hydrogen-bond donors (Lipinski definition) is 0. The third-order valence-electron chi connectivity index (χ3n) is 2.73. The molecule has 0 fully saturated rings. The highest BCUT2D eigenvalue weighted by Crippen LogP contribution is 2.15. The van der Waals surface area contributed by atoms with Crippen LogP contribution in [0.1, 0.15) is 22.2 Å². The number of carbonyl (C=O) groups excluding carboxylic acids is 1. The van der Waals surface area contributed by atoms with Gasteiger partial charge in [-0.3, -0.25) is 0 Å². The van der Waals surface area contributed by atoms with E-state index in [1.165, 1.54) is 23.5 Å². The first-order valence-electron chi connectivity index (χ1n) is 6.05. The second-order valence-electron chi connectivity index (χ2n) is 4.09. The van der Waals surface area contributed by atoms with Gasteiger partial charge in [0.25, 0.3) is 0 Å². The van der Waals surface area contributed by atoms with Gasteiger partial charge in [-0.25, -0.2) is 13.2 Å². The average Bonchev–Trinajstić information content (AvgIpc) is 2.98. The lowest BCUT2D eigenvalue weighted by atomic mass is 10.2. The fraction of sp³-hybridized carbons (Fsp3) is 0.214. The molecule has 1 heterocycles. The maximum absolute atomic E-state index is 11.9. The number of sulfone groups is 1. The first kappa shape index (κ1) is 14.7. The van der Waals surface area contributed by atoms with Crippen LogP contribution in [0.3, 0.4) is 0 Å². The normalized spacial score (nSPS) is 11.2. The molecule has 106 valence electrons. The molecule has 0 aliphatic rings. The fourth-order valence-corrected chi connectivity index (χ4v) is 3.14. The quantitative estimate of drug-likeness (QED) is 0.797. The van der Waals surface area contributed by atoms with Crippen molar-refractivity contribution in [2.75, 3.05) is 5.75 Å². The van der Waals surface area contributed by atoms with Crippen molar-refractivity contribution in [3.63, 3.8) is 0 Å². The molecule has 6 heteroatoms. The van der Waals surface area contributed by atoms with Crippen LogP contribution >= 0.6 is 11.3 Å². The smallest absolute Gasteiger partial charge is 0.338 e. The number of esters is 1. The molecule has 2 rings (SSSR count). The second-order valence-corrected chi connectivity index (χ2v) is 7.40. The highest BCUT2D eigenvalue weighted by atomic mass is 32.2. The summed E-state index contributed by atoms with van der Waals surface area (Å²) in [5.74, 6) is -0.521. The average molecular weight is 310 g/mol. The van der Waals surface area contributed by atoms with Crippen LogP contribution in [0.2, 0.25) is 0 Å². The van der Waals surface area contributed by atoms with Crippen molar-refractivity contribution >= 4 is 27.1 Å². The topological polar surface area (TPSA) is 60.4 Å². The number of thiophene rings is 1. The molecule has 0 amide bonds. The van der Waals surface area contributed by atoms with Gasteiger partial charge in [0.05, 0.1) is 16.2 Å². The predicted octanol–water partition coefficient (Wildman–Crippen LogP) is 2.90. The molecular weight excluding hydrogens is 296 g/mol. The maximum atomic E-state index is 11.9. The Kier molecular flexibility index (Phi) is 4.57. The summed E-state index contributed by atoms with van der Waals surface area (Å²) in [6.07, 6.45) is 0. The van der Waals surface area contributed by atoms with Gasteiger partial charge in [-0.1, -0.05) is 19.1 Å². The first-order valence-corrected chi connectivity index (χ1v) is 8.58. The molecule has 4 nitrogen and oxygen atoms in total. The summed E-state index contributed by atoms with van der Waals surface area (Å²) in [6.45, 7) is 1.76. The van der Waals surface area contributed by atoms with Gasteiger partial charge in [0.15, 0.2) is 9.84 Å². The molecule has 0 spiro atoms. The van der Waals surface area contributed by atoms with E-state index in [0.717, 1.165) is 4.88 Å². The minimum atomic E-state index is -3.32. The van der Waals surface area contributed by atoms with Gasteiger partial charge in [0.2, 0.25) is 0 Å². The largest absolute Gasteiger partial charge is 0.456 e. The number of benzene rings is 1. The van der Waals surface area contributed by atoms with Crippen LogP contribution in [0.15, 0.2) is 46.7 Å². The van der Waals surface area contributed by atoms with E-state index < -0.39 is 15.8 Å². The van der Waals surface area contributed by atoms with Crippen LogP contribution in [0.5, 0.6) is 0 Å². The Morgan fingerprint density at radius 3 is 2.70 bits per heavy atom. The molecule has 0 saturated heterocycles. The monoisotopic (exact) mass is 310 g/mol.